The summed E-state index contributed by atoms with van der Waals surface area (Å²) in [4.78, 5) is 15.2. The van der Waals surface area contributed by atoms with E-state index in [2.05, 4.69) is 15.5 Å². The molecule has 0 bridgehead atoms. The van der Waals surface area contributed by atoms with E-state index < -0.39 is 0 Å². The molecule has 8 heteroatoms. The maximum Gasteiger partial charge on any atom is 0.233 e. The number of carbonyl (C=O) groups excluding carboxylic acids is 1. The zero-order valence-corrected chi connectivity index (χ0v) is 17.5. The molecule has 0 N–H and O–H groups in total. The molecule has 1 amide bonds. The number of benzene rings is 2. The molecule has 1 aliphatic carbocycles. The first-order valence-electron chi connectivity index (χ1n) is 10.2. The van der Waals surface area contributed by atoms with Crippen molar-refractivity contribution in [1.82, 2.24) is 25.1 Å². The molecule has 30 heavy (non-hydrogen) atoms. The number of rotatable bonds is 7. The van der Waals surface area contributed by atoms with E-state index in [1.54, 1.807) is 16.8 Å². The minimum Gasteiger partial charge on any atom is -0.335 e. The zero-order valence-electron chi connectivity index (χ0n) is 16.7. The number of aromatic nitrogens is 4. The number of halogens is 1. The van der Waals surface area contributed by atoms with Crippen LogP contribution in [0.15, 0.2) is 59.8 Å². The lowest BCUT2D eigenvalue weighted by Gasteiger charge is -2.34. The average molecular weight is 426 g/mol. The fourth-order valence-electron chi connectivity index (χ4n) is 3.81. The fraction of sp³-hybridized carbons (Fsp3) is 0.364. The highest BCUT2D eigenvalue weighted by atomic mass is 32.2. The molecule has 1 aromatic heterocycles. The van der Waals surface area contributed by atoms with Gasteiger partial charge >= 0.3 is 0 Å². The van der Waals surface area contributed by atoms with Crippen LogP contribution in [0.5, 0.6) is 0 Å². The lowest BCUT2D eigenvalue weighted by atomic mass is 9.94. The van der Waals surface area contributed by atoms with Gasteiger partial charge in [0.2, 0.25) is 11.1 Å². The largest absolute Gasteiger partial charge is 0.335 e. The molecule has 1 aliphatic rings. The molecule has 0 atom stereocenters. The van der Waals surface area contributed by atoms with Gasteiger partial charge in [0.1, 0.15) is 5.82 Å². The van der Waals surface area contributed by atoms with Gasteiger partial charge in [-0.05, 0) is 53.1 Å². The van der Waals surface area contributed by atoms with Crippen molar-refractivity contribution in [3.8, 4) is 5.69 Å². The van der Waals surface area contributed by atoms with Crippen molar-refractivity contribution in [3.63, 3.8) is 0 Å². The Morgan fingerprint density at radius 2 is 1.80 bits per heavy atom. The summed E-state index contributed by atoms with van der Waals surface area (Å²) < 4.78 is 14.9. The summed E-state index contributed by atoms with van der Waals surface area (Å²) in [5.74, 6) is 0.0432. The second-order valence-electron chi connectivity index (χ2n) is 7.44. The van der Waals surface area contributed by atoms with E-state index in [0.29, 0.717) is 11.7 Å². The van der Waals surface area contributed by atoms with Crippen molar-refractivity contribution in [2.75, 3.05) is 5.75 Å². The Bertz CT molecular complexity index is 957. The van der Waals surface area contributed by atoms with Gasteiger partial charge in [-0.1, -0.05) is 61.4 Å². The molecule has 2 aromatic carbocycles. The van der Waals surface area contributed by atoms with Crippen LogP contribution in [0.2, 0.25) is 0 Å². The summed E-state index contributed by atoms with van der Waals surface area (Å²) in [6.07, 6.45) is 5.52. The highest BCUT2D eigenvalue weighted by Crippen LogP contribution is 2.26. The molecular formula is C22H24FN5OS. The fourth-order valence-corrected chi connectivity index (χ4v) is 4.59. The number of hydrogen-bond donors (Lipinski definition) is 0. The monoisotopic (exact) mass is 425 g/mol. The normalized spacial score (nSPS) is 14.6. The van der Waals surface area contributed by atoms with Gasteiger partial charge in [-0.25, -0.2) is 4.39 Å². The van der Waals surface area contributed by atoms with Crippen LogP contribution in [0.4, 0.5) is 4.39 Å². The first-order chi connectivity index (χ1) is 14.7. The van der Waals surface area contributed by atoms with Crippen molar-refractivity contribution in [3.05, 3.63) is 66.0 Å². The Morgan fingerprint density at radius 3 is 2.53 bits per heavy atom. The van der Waals surface area contributed by atoms with Crippen LogP contribution in [0.1, 0.15) is 37.7 Å². The van der Waals surface area contributed by atoms with Crippen LogP contribution >= 0.6 is 11.8 Å². The Hall–Kier alpha value is -2.74. The highest BCUT2D eigenvalue weighted by molar-refractivity contribution is 7.99. The van der Waals surface area contributed by atoms with Crippen LogP contribution < -0.4 is 0 Å². The molecule has 0 aliphatic heterocycles. The van der Waals surface area contributed by atoms with Crippen LogP contribution in [0.25, 0.3) is 5.69 Å². The van der Waals surface area contributed by atoms with Crippen LogP contribution in [-0.2, 0) is 11.3 Å². The van der Waals surface area contributed by atoms with E-state index in [4.69, 9.17) is 0 Å². The predicted octanol–water partition coefficient (Wildman–Crippen LogP) is 4.26. The van der Waals surface area contributed by atoms with Gasteiger partial charge in [-0.15, -0.1) is 5.10 Å². The van der Waals surface area contributed by atoms with E-state index in [-0.39, 0.29) is 23.5 Å². The van der Waals surface area contributed by atoms with Gasteiger partial charge in [-0.2, -0.15) is 4.68 Å². The molecular weight excluding hydrogens is 401 g/mol. The van der Waals surface area contributed by atoms with E-state index in [1.807, 2.05) is 35.2 Å². The van der Waals surface area contributed by atoms with Gasteiger partial charge in [0, 0.05) is 12.6 Å². The van der Waals surface area contributed by atoms with Crippen molar-refractivity contribution >= 4 is 17.7 Å². The van der Waals surface area contributed by atoms with Crippen molar-refractivity contribution in [1.29, 1.82) is 0 Å². The summed E-state index contributed by atoms with van der Waals surface area (Å²) in [6.45, 7) is 0.494. The maximum atomic E-state index is 13.3. The summed E-state index contributed by atoms with van der Waals surface area (Å²) in [7, 11) is 0. The van der Waals surface area contributed by atoms with Crippen LogP contribution in [-0.4, -0.2) is 42.8 Å². The summed E-state index contributed by atoms with van der Waals surface area (Å²) in [5, 5.41) is 12.5. The number of para-hydroxylation sites is 1. The third-order valence-corrected chi connectivity index (χ3v) is 6.27. The lowest BCUT2D eigenvalue weighted by Crippen LogP contribution is -2.42. The second-order valence-corrected chi connectivity index (χ2v) is 8.38. The number of tetrazole rings is 1. The first-order valence-corrected chi connectivity index (χ1v) is 11.2. The Morgan fingerprint density at radius 1 is 1.07 bits per heavy atom. The van der Waals surface area contributed by atoms with Gasteiger partial charge in [-0.3, -0.25) is 4.79 Å². The molecule has 1 heterocycles. The number of amides is 1. The third kappa shape index (κ3) is 5.05. The van der Waals surface area contributed by atoms with Crippen molar-refractivity contribution in [2.24, 2.45) is 0 Å². The molecule has 0 radical (unpaired) electrons. The minimum absolute atomic E-state index is 0.0545. The first kappa shape index (κ1) is 20.5. The zero-order chi connectivity index (χ0) is 20.8. The molecule has 156 valence electrons. The SMILES string of the molecule is O=C(CSc1nnnn1-c1ccccc1)N(Cc1ccc(F)cc1)C1CCCCC1. The topological polar surface area (TPSA) is 63.9 Å². The average Bonchev–Trinajstić information content (AvgIpc) is 3.27. The maximum absolute atomic E-state index is 13.3. The van der Waals surface area contributed by atoms with Crippen molar-refractivity contribution in [2.45, 2.75) is 49.8 Å². The summed E-state index contributed by atoms with van der Waals surface area (Å²) in [6, 6.07) is 16.2. The highest BCUT2D eigenvalue weighted by Gasteiger charge is 2.26. The minimum atomic E-state index is -0.266. The van der Waals surface area contributed by atoms with Crippen LogP contribution in [0.3, 0.4) is 0 Å². The summed E-state index contributed by atoms with van der Waals surface area (Å²) in [5.41, 5.74) is 1.79. The quantitative estimate of drug-likeness (QED) is 0.530. The van der Waals surface area contributed by atoms with Gasteiger partial charge < -0.3 is 4.90 Å². The number of hydrogen-bond acceptors (Lipinski definition) is 5. The molecule has 1 saturated carbocycles. The third-order valence-electron chi connectivity index (χ3n) is 5.37. The number of carbonyl (C=O) groups is 1. The number of nitrogens with zero attached hydrogens (tertiary/aromatic N) is 5. The Labute approximate surface area is 179 Å². The lowest BCUT2D eigenvalue weighted by molar-refractivity contribution is -0.132. The molecule has 4 rings (SSSR count). The number of thioether (sulfide) groups is 1. The molecule has 1 fully saturated rings. The molecule has 0 saturated heterocycles. The standard InChI is InChI=1S/C22H24FN5OS/c23-18-13-11-17(12-14-18)15-27(19-7-3-1-4-8-19)21(29)16-30-22-24-25-26-28(22)20-9-5-2-6-10-20/h2,5-6,9-14,19H,1,3-4,7-8,15-16H2. The van der Waals surface area contributed by atoms with E-state index in [0.717, 1.165) is 36.9 Å². The predicted molar refractivity (Wildman–Crippen MR) is 114 cm³/mol. The van der Waals surface area contributed by atoms with Gasteiger partial charge in [0.05, 0.1) is 11.4 Å². The van der Waals surface area contributed by atoms with E-state index >= 15 is 0 Å². The molecule has 0 unspecified atom stereocenters. The van der Waals surface area contributed by atoms with Crippen LogP contribution in [0, 0.1) is 5.82 Å². The molecule has 3 aromatic rings. The summed E-state index contributed by atoms with van der Waals surface area (Å²) >= 11 is 1.34. The van der Waals surface area contributed by atoms with Gasteiger partial charge in [0.15, 0.2) is 0 Å². The smallest absolute Gasteiger partial charge is 0.233 e. The van der Waals surface area contributed by atoms with Gasteiger partial charge in [0.25, 0.3) is 0 Å². The Balaban J connectivity index is 1.47. The molecule has 0 spiro atoms. The Kier molecular flexibility index (Phi) is 6.74. The molecule has 6 nitrogen and oxygen atoms in total. The van der Waals surface area contributed by atoms with E-state index in [9.17, 15) is 9.18 Å². The van der Waals surface area contributed by atoms with Crippen molar-refractivity contribution < 1.29 is 9.18 Å². The second kappa shape index (κ2) is 9.84. The van der Waals surface area contributed by atoms with E-state index in [1.165, 1.54) is 30.3 Å².